The number of carbonyl (C=O) groups excluding carboxylic acids is 2. The summed E-state index contributed by atoms with van der Waals surface area (Å²) in [5.41, 5.74) is -0.779. The first-order valence-corrected chi connectivity index (χ1v) is 9.25. The highest BCUT2D eigenvalue weighted by Crippen LogP contribution is 2.58. The molecule has 0 aromatic heterocycles. The van der Waals surface area contributed by atoms with Crippen LogP contribution in [0.2, 0.25) is 0 Å². The molecule has 0 aromatic rings. The smallest absolute Gasteiger partial charge is 0.302 e. The predicted molar refractivity (Wildman–Crippen MR) is 88.1 cm³/mol. The van der Waals surface area contributed by atoms with Crippen molar-refractivity contribution < 1.29 is 24.5 Å². The van der Waals surface area contributed by atoms with Crippen LogP contribution in [0.25, 0.3) is 0 Å². The summed E-state index contributed by atoms with van der Waals surface area (Å²) in [6, 6.07) is 0. The number of aliphatic hydroxyl groups excluding tert-OH is 2. The molecule has 0 heterocycles. The van der Waals surface area contributed by atoms with Crippen LogP contribution in [0, 0.1) is 22.7 Å². The Labute approximate surface area is 143 Å². The standard InChI is InChI=1S/C19H30O5/c1-11(20)24-17-13-4-5-15(22)18(13,2)9-7-14(17)19(3)8-6-12(21)10-16(19)23/h12-14,16-17,21,23H,4-10H2,1-3H3/t12-,13?,14?,16-,17?,18-,19+/m0/s1. The lowest BCUT2D eigenvalue weighted by molar-refractivity contribution is -0.182. The molecular weight excluding hydrogens is 308 g/mol. The van der Waals surface area contributed by atoms with Crippen molar-refractivity contribution in [2.24, 2.45) is 22.7 Å². The van der Waals surface area contributed by atoms with Crippen LogP contribution < -0.4 is 0 Å². The molecule has 5 heteroatoms. The Kier molecular flexibility index (Phi) is 4.54. The predicted octanol–water partition coefficient (Wildman–Crippen LogP) is 2.23. The molecule has 0 aromatic carbocycles. The fourth-order valence-corrected chi connectivity index (χ4v) is 5.63. The quantitative estimate of drug-likeness (QED) is 0.754. The molecule has 5 nitrogen and oxygen atoms in total. The Morgan fingerprint density at radius 2 is 1.83 bits per heavy atom. The third kappa shape index (κ3) is 2.70. The van der Waals surface area contributed by atoms with Gasteiger partial charge in [-0.3, -0.25) is 9.59 Å². The molecule has 2 N–H and O–H groups in total. The zero-order valence-electron chi connectivity index (χ0n) is 15.0. The summed E-state index contributed by atoms with van der Waals surface area (Å²) in [4.78, 5) is 24.2. The van der Waals surface area contributed by atoms with Gasteiger partial charge in [0.2, 0.25) is 0 Å². The number of carbonyl (C=O) groups is 2. The lowest BCUT2D eigenvalue weighted by Gasteiger charge is -2.54. The van der Waals surface area contributed by atoms with Gasteiger partial charge in [-0.05, 0) is 38.5 Å². The maximum absolute atomic E-state index is 12.4. The molecular formula is C19H30O5. The second-order valence-electron chi connectivity index (χ2n) is 8.65. The van der Waals surface area contributed by atoms with E-state index >= 15 is 0 Å². The molecule has 3 saturated carbocycles. The summed E-state index contributed by atoms with van der Waals surface area (Å²) in [5, 5.41) is 20.5. The van der Waals surface area contributed by atoms with Crippen molar-refractivity contribution in [1.29, 1.82) is 0 Å². The molecule has 0 spiro atoms. The van der Waals surface area contributed by atoms with Crippen molar-refractivity contribution in [1.82, 2.24) is 0 Å². The Hall–Kier alpha value is -0.940. The molecule has 3 fully saturated rings. The van der Waals surface area contributed by atoms with Gasteiger partial charge in [0.15, 0.2) is 0 Å². The van der Waals surface area contributed by atoms with Gasteiger partial charge >= 0.3 is 5.97 Å². The summed E-state index contributed by atoms with van der Waals surface area (Å²) >= 11 is 0. The summed E-state index contributed by atoms with van der Waals surface area (Å²) in [5.74, 6) is 0.0480. The number of hydrogen-bond acceptors (Lipinski definition) is 5. The molecule has 3 rings (SSSR count). The lowest BCUT2D eigenvalue weighted by atomic mass is 9.54. The van der Waals surface area contributed by atoms with E-state index in [1.165, 1.54) is 6.92 Å². The molecule has 3 aliphatic rings. The lowest BCUT2D eigenvalue weighted by Crippen LogP contribution is -2.56. The van der Waals surface area contributed by atoms with Crippen molar-refractivity contribution in [3.05, 3.63) is 0 Å². The molecule has 0 saturated heterocycles. The van der Waals surface area contributed by atoms with E-state index < -0.39 is 17.6 Å². The van der Waals surface area contributed by atoms with Crippen LogP contribution in [0.3, 0.4) is 0 Å². The SMILES string of the molecule is CC(=O)OC1C2CCC(=O)[C@@]2(C)CCC1[C@@]1(C)CC[C@H](O)C[C@@H]1O. The Morgan fingerprint density at radius 1 is 1.12 bits per heavy atom. The monoisotopic (exact) mass is 338 g/mol. The van der Waals surface area contributed by atoms with Crippen LogP contribution >= 0.6 is 0 Å². The first-order valence-electron chi connectivity index (χ1n) is 9.25. The minimum atomic E-state index is -0.606. The number of rotatable bonds is 2. The van der Waals surface area contributed by atoms with E-state index in [4.69, 9.17) is 4.74 Å². The van der Waals surface area contributed by atoms with Crippen LogP contribution in [0.4, 0.5) is 0 Å². The number of ether oxygens (including phenoxy) is 1. The number of hydrogen-bond donors (Lipinski definition) is 2. The normalized spacial score (nSPS) is 48.9. The maximum Gasteiger partial charge on any atom is 0.302 e. The molecule has 3 aliphatic carbocycles. The average molecular weight is 338 g/mol. The Bertz CT molecular complexity index is 532. The topological polar surface area (TPSA) is 83.8 Å². The van der Waals surface area contributed by atoms with Crippen LogP contribution in [-0.2, 0) is 14.3 Å². The van der Waals surface area contributed by atoms with Crippen LogP contribution in [0.15, 0.2) is 0 Å². The van der Waals surface area contributed by atoms with Crippen LogP contribution in [-0.4, -0.2) is 40.3 Å². The highest BCUT2D eigenvalue weighted by atomic mass is 16.5. The number of aliphatic hydroxyl groups is 2. The number of esters is 1. The first-order chi connectivity index (χ1) is 11.2. The van der Waals surface area contributed by atoms with Gasteiger partial charge in [0.25, 0.3) is 0 Å². The summed E-state index contributed by atoms with van der Waals surface area (Å²) in [6.07, 6.45) is 3.27. The van der Waals surface area contributed by atoms with E-state index in [1.54, 1.807) is 0 Å². The van der Waals surface area contributed by atoms with Gasteiger partial charge < -0.3 is 14.9 Å². The minimum absolute atomic E-state index is 0.0351. The van der Waals surface area contributed by atoms with E-state index in [1.807, 2.05) is 6.92 Å². The van der Waals surface area contributed by atoms with E-state index in [0.29, 0.717) is 19.3 Å². The van der Waals surface area contributed by atoms with Crippen molar-refractivity contribution in [2.75, 3.05) is 0 Å². The van der Waals surface area contributed by atoms with Gasteiger partial charge in [0.05, 0.1) is 12.2 Å². The fraction of sp³-hybridized carbons (Fsp3) is 0.895. The Balaban J connectivity index is 1.92. The molecule has 0 radical (unpaired) electrons. The van der Waals surface area contributed by atoms with Crippen LogP contribution in [0.5, 0.6) is 0 Å². The van der Waals surface area contributed by atoms with E-state index in [0.717, 1.165) is 25.7 Å². The molecule has 3 unspecified atom stereocenters. The highest BCUT2D eigenvalue weighted by molar-refractivity contribution is 5.87. The fourth-order valence-electron chi connectivity index (χ4n) is 5.63. The summed E-state index contributed by atoms with van der Waals surface area (Å²) in [6.45, 7) is 5.50. The zero-order valence-corrected chi connectivity index (χ0v) is 15.0. The highest BCUT2D eigenvalue weighted by Gasteiger charge is 2.59. The first kappa shape index (κ1) is 17.9. The zero-order chi connectivity index (χ0) is 17.7. The second-order valence-corrected chi connectivity index (χ2v) is 8.65. The van der Waals surface area contributed by atoms with Gasteiger partial charge in [-0.1, -0.05) is 13.8 Å². The number of Topliss-reactive ketones (excluding diaryl/α,β-unsaturated/α-hetero) is 1. The molecule has 0 aliphatic heterocycles. The number of ketones is 1. The molecule has 7 atom stereocenters. The number of fused-ring (bicyclic) bond motifs is 1. The van der Waals surface area contributed by atoms with Crippen molar-refractivity contribution in [2.45, 2.75) is 84.0 Å². The van der Waals surface area contributed by atoms with Gasteiger partial charge in [-0.2, -0.15) is 0 Å². The largest absolute Gasteiger partial charge is 0.462 e. The second kappa shape index (κ2) is 6.10. The van der Waals surface area contributed by atoms with Gasteiger partial charge in [0.1, 0.15) is 11.9 Å². The Morgan fingerprint density at radius 3 is 2.46 bits per heavy atom. The van der Waals surface area contributed by atoms with Gasteiger partial charge in [-0.15, -0.1) is 0 Å². The average Bonchev–Trinajstić information content (AvgIpc) is 2.79. The third-order valence-electron chi connectivity index (χ3n) is 7.33. The maximum atomic E-state index is 12.4. The van der Waals surface area contributed by atoms with E-state index in [9.17, 15) is 19.8 Å². The van der Waals surface area contributed by atoms with Gasteiger partial charge in [0, 0.05) is 36.0 Å². The van der Waals surface area contributed by atoms with Crippen molar-refractivity contribution in [3.63, 3.8) is 0 Å². The van der Waals surface area contributed by atoms with E-state index in [-0.39, 0.29) is 35.1 Å². The van der Waals surface area contributed by atoms with Gasteiger partial charge in [-0.25, -0.2) is 0 Å². The van der Waals surface area contributed by atoms with Crippen molar-refractivity contribution >= 4 is 11.8 Å². The molecule has 24 heavy (non-hydrogen) atoms. The van der Waals surface area contributed by atoms with Crippen LogP contribution in [0.1, 0.15) is 65.7 Å². The summed E-state index contributed by atoms with van der Waals surface area (Å²) in [7, 11) is 0. The molecule has 136 valence electrons. The molecule has 0 bridgehead atoms. The summed E-state index contributed by atoms with van der Waals surface area (Å²) < 4.78 is 5.76. The third-order valence-corrected chi connectivity index (χ3v) is 7.33. The van der Waals surface area contributed by atoms with E-state index in [2.05, 4.69) is 6.92 Å². The molecule has 0 amide bonds. The van der Waals surface area contributed by atoms with Crippen molar-refractivity contribution in [3.8, 4) is 0 Å². The minimum Gasteiger partial charge on any atom is -0.462 e.